The molecular formula is C23H28N2O6. The molecule has 8 heteroatoms. The first-order valence-electron chi connectivity index (χ1n) is 10.1. The minimum Gasteiger partial charge on any atom is -0.484 e. The van der Waals surface area contributed by atoms with Crippen molar-refractivity contribution < 1.29 is 28.6 Å². The van der Waals surface area contributed by atoms with Gasteiger partial charge in [-0.05, 0) is 43.5 Å². The van der Waals surface area contributed by atoms with E-state index < -0.39 is 17.9 Å². The molecule has 0 aliphatic carbocycles. The van der Waals surface area contributed by atoms with Crippen LogP contribution in [-0.2, 0) is 19.1 Å². The summed E-state index contributed by atoms with van der Waals surface area (Å²) in [4.78, 5) is 35.9. The minimum absolute atomic E-state index is 0.0632. The highest BCUT2D eigenvalue weighted by molar-refractivity contribution is 5.85. The van der Waals surface area contributed by atoms with E-state index in [2.05, 4.69) is 10.6 Å². The van der Waals surface area contributed by atoms with E-state index >= 15 is 0 Å². The zero-order valence-electron chi connectivity index (χ0n) is 17.5. The highest BCUT2D eigenvalue weighted by Gasteiger charge is 2.21. The van der Waals surface area contributed by atoms with Gasteiger partial charge in [0, 0.05) is 6.54 Å². The Hall–Kier alpha value is -3.55. The lowest BCUT2D eigenvalue weighted by Crippen LogP contribution is -2.43. The monoisotopic (exact) mass is 428 g/mol. The predicted molar refractivity (Wildman–Crippen MR) is 115 cm³/mol. The molecule has 1 unspecified atom stereocenters. The summed E-state index contributed by atoms with van der Waals surface area (Å²) in [5.74, 6) is 0.0449. The molecule has 2 aromatic carbocycles. The van der Waals surface area contributed by atoms with Gasteiger partial charge < -0.3 is 24.8 Å². The highest BCUT2D eigenvalue weighted by atomic mass is 16.5. The third-order valence-corrected chi connectivity index (χ3v) is 4.29. The van der Waals surface area contributed by atoms with Gasteiger partial charge in [0.05, 0.1) is 7.11 Å². The molecule has 0 aromatic heterocycles. The highest BCUT2D eigenvalue weighted by Crippen LogP contribution is 2.09. The molecule has 166 valence electrons. The second-order valence-corrected chi connectivity index (χ2v) is 6.69. The summed E-state index contributed by atoms with van der Waals surface area (Å²) in [7, 11) is 1.27. The molecule has 2 rings (SSSR count). The van der Waals surface area contributed by atoms with Crippen LogP contribution in [0.3, 0.4) is 0 Å². The number of para-hydroxylation sites is 2. The Kier molecular flexibility index (Phi) is 10.4. The Morgan fingerprint density at radius 1 is 0.806 bits per heavy atom. The van der Waals surface area contributed by atoms with Crippen molar-refractivity contribution in [2.75, 3.05) is 26.9 Å². The van der Waals surface area contributed by atoms with Gasteiger partial charge in [0.25, 0.3) is 11.8 Å². The number of rotatable bonds is 13. The van der Waals surface area contributed by atoms with Gasteiger partial charge in [-0.2, -0.15) is 0 Å². The van der Waals surface area contributed by atoms with Gasteiger partial charge in [0.1, 0.15) is 17.5 Å². The van der Waals surface area contributed by atoms with E-state index in [1.807, 2.05) is 24.3 Å². The van der Waals surface area contributed by atoms with Gasteiger partial charge in [0.2, 0.25) is 0 Å². The van der Waals surface area contributed by atoms with Crippen LogP contribution in [0.4, 0.5) is 0 Å². The van der Waals surface area contributed by atoms with Crippen LogP contribution in [0.1, 0.15) is 19.3 Å². The summed E-state index contributed by atoms with van der Waals surface area (Å²) < 4.78 is 15.5. The first-order valence-corrected chi connectivity index (χ1v) is 10.1. The van der Waals surface area contributed by atoms with Gasteiger partial charge in [-0.3, -0.25) is 9.59 Å². The van der Waals surface area contributed by atoms with Gasteiger partial charge in [-0.1, -0.05) is 36.4 Å². The Bertz CT molecular complexity index is 813. The van der Waals surface area contributed by atoms with Crippen LogP contribution in [0, 0.1) is 0 Å². The van der Waals surface area contributed by atoms with Crippen molar-refractivity contribution in [2.45, 2.75) is 25.3 Å². The molecule has 0 aliphatic heterocycles. The molecule has 0 spiro atoms. The normalized spacial score (nSPS) is 11.1. The number of ether oxygens (including phenoxy) is 3. The van der Waals surface area contributed by atoms with Crippen LogP contribution < -0.4 is 20.1 Å². The maximum absolute atomic E-state index is 12.1. The first kappa shape index (κ1) is 23.7. The van der Waals surface area contributed by atoms with Gasteiger partial charge in [-0.25, -0.2) is 4.79 Å². The fourth-order valence-corrected chi connectivity index (χ4v) is 2.71. The van der Waals surface area contributed by atoms with Crippen LogP contribution >= 0.6 is 0 Å². The van der Waals surface area contributed by atoms with Crippen LogP contribution in [0.25, 0.3) is 0 Å². The second-order valence-electron chi connectivity index (χ2n) is 6.69. The number of hydrogen-bond donors (Lipinski definition) is 2. The van der Waals surface area contributed by atoms with E-state index in [0.29, 0.717) is 37.3 Å². The molecule has 8 nitrogen and oxygen atoms in total. The van der Waals surface area contributed by atoms with Crippen molar-refractivity contribution >= 4 is 17.8 Å². The maximum atomic E-state index is 12.1. The summed E-state index contributed by atoms with van der Waals surface area (Å²) >= 11 is 0. The zero-order chi connectivity index (χ0) is 22.3. The fraction of sp³-hybridized carbons (Fsp3) is 0.348. The number of hydrogen-bond acceptors (Lipinski definition) is 6. The molecule has 0 saturated carbocycles. The lowest BCUT2D eigenvalue weighted by atomic mass is 10.1. The van der Waals surface area contributed by atoms with Crippen molar-refractivity contribution in [2.24, 2.45) is 0 Å². The molecule has 0 radical (unpaired) electrons. The number of amides is 2. The summed E-state index contributed by atoms with van der Waals surface area (Å²) in [5, 5.41) is 5.39. The van der Waals surface area contributed by atoms with E-state index in [4.69, 9.17) is 14.2 Å². The lowest BCUT2D eigenvalue weighted by Gasteiger charge is -2.17. The van der Waals surface area contributed by atoms with Crippen molar-refractivity contribution in [1.82, 2.24) is 10.6 Å². The van der Waals surface area contributed by atoms with Gasteiger partial charge in [-0.15, -0.1) is 0 Å². The van der Waals surface area contributed by atoms with E-state index in [1.54, 1.807) is 36.4 Å². The fourth-order valence-electron chi connectivity index (χ4n) is 2.71. The average Bonchev–Trinajstić information content (AvgIpc) is 2.81. The topological polar surface area (TPSA) is 103 Å². The van der Waals surface area contributed by atoms with Crippen molar-refractivity contribution in [3.8, 4) is 11.5 Å². The number of esters is 1. The standard InChI is InChI=1S/C23H28N2O6/c1-29-23(28)20(25-22(27)17-31-19-12-6-3-7-13-19)14-8-9-15-24-21(26)16-30-18-10-4-2-5-11-18/h2-7,10-13,20H,8-9,14-17H2,1H3,(H,24,26)(H,25,27). The Morgan fingerprint density at radius 2 is 1.35 bits per heavy atom. The maximum Gasteiger partial charge on any atom is 0.328 e. The molecule has 2 amide bonds. The molecule has 31 heavy (non-hydrogen) atoms. The van der Waals surface area contributed by atoms with Gasteiger partial charge >= 0.3 is 5.97 Å². The van der Waals surface area contributed by atoms with Crippen LogP contribution in [0.5, 0.6) is 11.5 Å². The number of carbonyl (C=O) groups excluding carboxylic acids is 3. The van der Waals surface area contributed by atoms with Crippen LogP contribution in [0.15, 0.2) is 60.7 Å². The number of unbranched alkanes of at least 4 members (excludes halogenated alkanes) is 1. The van der Waals surface area contributed by atoms with Crippen molar-refractivity contribution in [3.63, 3.8) is 0 Å². The summed E-state index contributed by atoms with van der Waals surface area (Å²) in [6.45, 7) is 0.178. The van der Waals surface area contributed by atoms with Crippen molar-refractivity contribution in [1.29, 1.82) is 0 Å². The molecule has 0 aliphatic rings. The van der Waals surface area contributed by atoms with E-state index in [1.165, 1.54) is 7.11 Å². The molecule has 1 atom stereocenters. The number of benzene rings is 2. The second kappa shape index (κ2) is 13.6. The largest absolute Gasteiger partial charge is 0.484 e. The smallest absolute Gasteiger partial charge is 0.328 e. The molecular weight excluding hydrogens is 400 g/mol. The van der Waals surface area contributed by atoms with Crippen LogP contribution in [0.2, 0.25) is 0 Å². The summed E-state index contributed by atoms with van der Waals surface area (Å²) in [5.41, 5.74) is 0. The van der Waals surface area contributed by atoms with E-state index in [-0.39, 0.29) is 19.1 Å². The lowest BCUT2D eigenvalue weighted by molar-refractivity contribution is -0.145. The summed E-state index contributed by atoms with van der Waals surface area (Å²) in [6, 6.07) is 17.2. The molecule has 2 N–H and O–H groups in total. The first-order chi connectivity index (χ1) is 15.1. The Balaban J connectivity index is 1.63. The number of carbonyl (C=O) groups is 3. The van der Waals surface area contributed by atoms with E-state index in [9.17, 15) is 14.4 Å². The van der Waals surface area contributed by atoms with E-state index in [0.717, 1.165) is 0 Å². The molecule has 0 fully saturated rings. The predicted octanol–water partition coefficient (Wildman–Crippen LogP) is 2.09. The van der Waals surface area contributed by atoms with Crippen molar-refractivity contribution in [3.05, 3.63) is 60.7 Å². The molecule has 0 heterocycles. The Labute approximate surface area is 181 Å². The molecule has 2 aromatic rings. The molecule has 0 saturated heterocycles. The average molecular weight is 428 g/mol. The zero-order valence-corrected chi connectivity index (χ0v) is 17.5. The van der Waals surface area contributed by atoms with Gasteiger partial charge in [0.15, 0.2) is 13.2 Å². The molecule has 0 bridgehead atoms. The summed E-state index contributed by atoms with van der Waals surface area (Å²) in [6.07, 6.45) is 1.64. The SMILES string of the molecule is COC(=O)C(CCCCNC(=O)COc1ccccc1)NC(=O)COc1ccccc1. The number of methoxy groups -OCH3 is 1. The minimum atomic E-state index is -0.769. The third kappa shape index (κ3) is 9.66. The Morgan fingerprint density at radius 3 is 1.90 bits per heavy atom. The third-order valence-electron chi connectivity index (χ3n) is 4.29. The quantitative estimate of drug-likeness (QED) is 0.374. The number of nitrogens with one attached hydrogen (secondary N) is 2. The van der Waals surface area contributed by atoms with Crippen LogP contribution in [-0.4, -0.2) is 50.7 Å².